The summed E-state index contributed by atoms with van der Waals surface area (Å²) >= 11 is 0. The molecule has 18 heavy (non-hydrogen) atoms. The molecule has 1 aliphatic rings. The van der Waals surface area contributed by atoms with Crippen LogP contribution >= 0.6 is 0 Å². The van der Waals surface area contributed by atoms with Crippen molar-refractivity contribution in [1.29, 1.82) is 0 Å². The Kier molecular flexibility index (Phi) is 4.16. The first kappa shape index (κ1) is 13.3. The lowest BCUT2D eigenvalue weighted by Crippen LogP contribution is -2.48. The lowest BCUT2D eigenvalue weighted by Gasteiger charge is -2.36. The number of nitrogens with zero attached hydrogens (tertiary/aromatic N) is 2. The zero-order valence-electron chi connectivity index (χ0n) is 10.8. The molecule has 2 rings (SSSR count). The predicted molar refractivity (Wildman–Crippen MR) is 68.5 cm³/mol. The van der Waals surface area contributed by atoms with Gasteiger partial charge in [-0.15, -0.1) is 0 Å². The van der Waals surface area contributed by atoms with E-state index in [1.165, 1.54) is 0 Å². The van der Waals surface area contributed by atoms with E-state index in [0.717, 1.165) is 17.9 Å². The number of morpholine rings is 1. The lowest BCUT2D eigenvalue weighted by molar-refractivity contribution is -0.0423. The summed E-state index contributed by atoms with van der Waals surface area (Å²) in [5.74, 6) is 0.855. The molecule has 0 aromatic carbocycles. The number of hydrogen-bond donors (Lipinski definition) is 2. The van der Waals surface area contributed by atoms with Crippen LogP contribution in [0.4, 0.5) is 5.82 Å². The van der Waals surface area contributed by atoms with E-state index in [9.17, 15) is 10.2 Å². The van der Waals surface area contributed by atoms with Crippen molar-refractivity contribution in [3.63, 3.8) is 0 Å². The Morgan fingerprint density at radius 1 is 1.50 bits per heavy atom. The minimum Gasteiger partial charge on any atom is -0.394 e. The van der Waals surface area contributed by atoms with Gasteiger partial charge in [-0.1, -0.05) is 6.07 Å². The standard InChI is InChI=1S/C13H20N2O3/c1-9-6-15(7-12(8-16)18-9)13-4-3-11(5-14-13)10(2)17/h3-5,9-10,12,16-17H,6-8H2,1-2H3/t9?,10-,12?/m1/s1. The van der Waals surface area contributed by atoms with Crippen LogP contribution in [-0.2, 0) is 4.74 Å². The third-order valence-electron chi connectivity index (χ3n) is 3.11. The molecule has 0 aliphatic carbocycles. The van der Waals surface area contributed by atoms with Gasteiger partial charge in [-0.05, 0) is 25.5 Å². The van der Waals surface area contributed by atoms with Crippen molar-refractivity contribution in [2.24, 2.45) is 0 Å². The third-order valence-corrected chi connectivity index (χ3v) is 3.11. The topological polar surface area (TPSA) is 65.8 Å². The molecule has 1 saturated heterocycles. The quantitative estimate of drug-likeness (QED) is 0.830. The number of rotatable bonds is 3. The van der Waals surface area contributed by atoms with Gasteiger partial charge in [0.2, 0.25) is 0 Å². The van der Waals surface area contributed by atoms with E-state index in [1.807, 2.05) is 19.1 Å². The number of pyridine rings is 1. The molecule has 0 amide bonds. The van der Waals surface area contributed by atoms with Gasteiger partial charge in [0.25, 0.3) is 0 Å². The highest BCUT2D eigenvalue weighted by Gasteiger charge is 2.25. The largest absolute Gasteiger partial charge is 0.394 e. The van der Waals surface area contributed by atoms with E-state index in [4.69, 9.17) is 4.74 Å². The molecular weight excluding hydrogens is 232 g/mol. The van der Waals surface area contributed by atoms with Gasteiger partial charge in [0.15, 0.2) is 0 Å². The number of aliphatic hydroxyl groups excluding tert-OH is 2. The second-order valence-electron chi connectivity index (χ2n) is 4.78. The average Bonchev–Trinajstić information content (AvgIpc) is 2.38. The van der Waals surface area contributed by atoms with E-state index in [2.05, 4.69) is 9.88 Å². The zero-order valence-corrected chi connectivity index (χ0v) is 10.8. The van der Waals surface area contributed by atoms with Gasteiger partial charge in [-0.3, -0.25) is 0 Å². The fourth-order valence-electron chi connectivity index (χ4n) is 2.16. The van der Waals surface area contributed by atoms with Gasteiger partial charge in [-0.2, -0.15) is 0 Å². The number of aromatic nitrogens is 1. The van der Waals surface area contributed by atoms with Crippen LogP contribution in [0.2, 0.25) is 0 Å². The molecule has 1 fully saturated rings. The van der Waals surface area contributed by atoms with Gasteiger partial charge in [0.05, 0.1) is 24.9 Å². The van der Waals surface area contributed by atoms with Crippen molar-refractivity contribution in [2.75, 3.05) is 24.6 Å². The van der Waals surface area contributed by atoms with Crippen LogP contribution in [0.15, 0.2) is 18.3 Å². The number of hydrogen-bond acceptors (Lipinski definition) is 5. The maximum absolute atomic E-state index is 9.44. The molecule has 3 atom stereocenters. The van der Waals surface area contributed by atoms with Crippen LogP contribution in [0, 0.1) is 0 Å². The molecule has 1 aromatic heterocycles. The molecule has 5 nitrogen and oxygen atoms in total. The Morgan fingerprint density at radius 2 is 2.28 bits per heavy atom. The molecule has 0 saturated carbocycles. The minimum absolute atomic E-state index is 0.0204. The lowest BCUT2D eigenvalue weighted by atomic mass is 10.2. The molecule has 1 aliphatic heterocycles. The second-order valence-corrected chi connectivity index (χ2v) is 4.78. The molecule has 2 heterocycles. The maximum atomic E-state index is 9.44. The third kappa shape index (κ3) is 2.98. The van der Waals surface area contributed by atoms with E-state index in [-0.39, 0.29) is 18.8 Å². The van der Waals surface area contributed by atoms with Crippen molar-refractivity contribution in [3.8, 4) is 0 Å². The van der Waals surface area contributed by atoms with Crippen LogP contribution in [0.5, 0.6) is 0 Å². The summed E-state index contributed by atoms with van der Waals surface area (Å²) in [6, 6.07) is 3.77. The summed E-state index contributed by atoms with van der Waals surface area (Å²) in [7, 11) is 0. The normalized spacial score (nSPS) is 26.1. The van der Waals surface area contributed by atoms with Gasteiger partial charge in [0, 0.05) is 19.3 Å². The van der Waals surface area contributed by atoms with E-state index < -0.39 is 6.10 Å². The molecule has 1 aromatic rings. The van der Waals surface area contributed by atoms with Crippen molar-refractivity contribution < 1.29 is 14.9 Å². The van der Waals surface area contributed by atoms with Crippen LogP contribution in [0.3, 0.4) is 0 Å². The molecule has 100 valence electrons. The van der Waals surface area contributed by atoms with Crippen molar-refractivity contribution in [2.45, 2.75) is 32.2 Å². The number of aliphatic hydroxyl groups is 2. The van der Waals surface area contributed by atoms with Gasteiger partial charge >= 0.3 is 0 Å². The number of anilines is 1. The van der Waals surface area contributed by atoms with E-state index in [0.29, 0.717) is 6.54 Å². The van der Waals surface area contributed by atoms with Crippen LogP contribution in [0.25, 0.3) is 0 Å². The van der Waals surface area contributed by atoms with Crippen molar-refractivity contribution in [1.82, 2.24) is 4.98 Å². The highest BCUT2D eigenvalue weighted by molar-refractivity contribution is 5.40. The van der Waals surface area contributed by atoms with Gasteiger partial charge in [0.1, 0.15) is 5.82 Å². The van der Waals surface area contributed by atoms with Crippen LogP contribution in [0.1, 0.15) is 25.5 Å². The van der Waals surface area contributed by atoms with Gasteiger partial charge in [-0.25, -0.2) is 4.98 Å². The van der Waals surface area contributed by atoms with E-state index in [1.54, 1.807) is 13.1 Å². The molecular formula is C13H20N2O3. The summed E-state index contributed by atoms with van der Waals surface area (Å²) in [4.78, 5) is 6.45. The molecule has 0 radical (unpaired) electrons. The number of ether oxygens (including phenoxy) is 1. The maximum Gasteiger partial charge on any atom is 0.128 e. The molecule has 2 unspecified atom stereocenters. The Bertz CT molecular complexity index is 380. The first-order valence-corrected chi connectivity index (χ1v) is 6.25. The van der Waals surface area contributed by atoms with Crippen LogP contribution < -0.4 is 4.90 Å². The SMILES string of the molecule is CC1CN(c2ccc([C@@H](C)O)cn2)CC(CO)O1. The second kappa shape index (κ2) is 5.65. The predicted octanol–water partition coefficient (Wildman–Crippen LogP) is 0.721. The first-order chi connectivity index (χ1) is 8.60. The molecule has 0 spiro atoms. The summed E-state index contributed by atoms with van der Waals surface area (Å²) < 4.78 is 5.59. The average molecular weight is 252 g/mol. The molecule has 0 bridgehead atoms. The molecule has 2 N–H and O–H groups in total. The fraction of sp³-hybridized carbons (Fsp3) is 0.615. The van der Waals surface area contributed by atoms with Crippen molar-refractivity contribution in [3.05, 3.63) is 23.9 Å². The first-order valence-electron chi connectivity index (χ1n) is 6.25. The Balaban J connectivity index is 2.10. The Morgan fingerprint density at radius 3 is 2.83 bits per heavy atom. The minimum atomic E-state index is -0.500. The zero-order chi connectivity index (χ0) is 13.1. The monoisotopic (exact) mass is 252 g/mol. The molecule has 5 heteroatoms. The van der Waals surface area contributed by atoms with Gasteiger partial charge < -0.3 is 19.8 Å². The van der Waals surface area contributed by atoms with Crippen molar-refractivity contribution >= 4 is 5.82 Å². The fourth-order valence-corrected chi connectivity index (χ4v) is 2.16. The Hall–Kier alpha value is -1.17. The summed E-state index contributed by atoms with van der Waals surface area (Å²) in [6.45, 7) is 5.13. The summed E-state index contributed by atoms with van der Waals surface area (Å²) in [5.41, 5.74) is 0.804. The van der Waals surface area contributed by atoms with Crippen LogP contribution in [-0.4, -0.2) is 47.1 Å². The smallest absolute Gasteiger partial charge is 0.128 e. The summed E-state index contributed by atoms with van der Waals surface area (Å²) in [6.07, 6.45) is 1.11. The highest BCUT2D eigenvalue weighted by Crippen LogP contribution is 2.20. The summed E-state index contributed by atoms with van der Waals surface area (Å²) in [5, 5.41) is 18.6. The van der Waals surface area contributed by atoms with E-state index >= 15 is 0 Å². The highest BCUT2D eigenvalue weighted by atomic mass is 16.5. The Labute approximate surface area is 107 Å².